The van der Waals surface area contributed by atoms with Crippen LogP contribution >= 0.6 is 11.6 Å². The van der Waals surface area contributed by atoms with E-state index in [2.05, 4.69) is 15.3 Å². The summed E-state index contributed by atoms with van der Waals surface area (Å²) in [5, 5.41) is 1.78. The molecule has 0 saturated heterocycles. The smallest absolute Gasteiger partial charge is 0.417 e. The molecule has 0 bridgehead atoms. The SMILES string of the molecule is Cc1cccc2nc(C(=O)OCC(=O)Nc3ncc(C(F)(F)F)cc3Cl)cn12. The van der Waals surface area contributed by atoms with E-state index < -0.39 is 35.2 Å². The number of fused-ring (bicyclic) bond motifs is 1. The lowest BCUT2D eigenvalue weighted by Crippen LogP contribution is -2.22. The Hall–Kier alpha value is -3.14. The third-order valence-electron chi connectivity index (χ3n) is 3.67. The summed E-state index contributed by atoms with van der Waals surface area (Å²) < 4.78 is 44.3. The third kappa shape index (κ3) is 4.22. The minimum atomic E-state index is -4.61. The second-order valence-electron chi connectivity index (χ2n) is 5.70. The van der Waals surface area contributed by atoms with Crippen molar-refractivity contribution < 1.29 is 27.5 Å². The summed E-state index contributed by atoms with van der Waals surface area (Å²) in [4.78, 5) is 31.5. The van der Waals surface area contributed by atoms with Gasteiger partial charge in [0.25, 0.3) is 5.91 Å². The fraction of sp³-hybridized carbons (Fsp3) is 0.176. The predicted molar refractivity (Wildman–Crippen MR) is 93.1 cm³/mol. The molecule has 146 valence electrons. The van der Waals surface area contributed by atoms with Crippen molar-refractivity contribution in [3.63, 3.8) is 0 Å². The Labute approximate surface area is 161 Å². The maximum Gasteiger partial charge on any atom is 0.417 e. The number of nitrogens with zero attached hydrogens (tertiary/aromatic N) is 3. The zero-order chi connectivity index (χ0) is 20.5. The molecule has 11 heteroatoms. The molecule has 0 aliphatic heterocycles. The topological polar surface area (TPSA) is 85.6 Å². The number of nitrogens with one attached hydrogen (secondary N) is 1. The largest absolute Gasteiger partial charge is 0.451 e. The van der Waals surface area contributed by atoms with Gasteiger partial charge in [0, 0.05) is 18.1 Å². The van der Waals surface area contributed by atoms with Crippen LogP contribution in [0.2, 0.25) is 5.02 Å². The molecule has 0 unspecified atom stereocenters. The van der Waals surface area contributed by atoms with E-state index in [9.17, 15) is 22.8 Å². The molecule has 3 aromatic heterocycles. The maximum atomic E-state index is 12.6. The number of carbonyl (C=O) groups excluding carboxylic acids is 2. The first kappa shape index (κ1) is 19.6. The van der Waals surface area contributed by atoms with Crippen LogP contribution in [0.5, 0.6) is 0 Å². The van der Waals surface area contributed by atoms with Crippen LogP contribution in [0.4, 0.5) is 19.0 Å². The molecule has 0 aromatic carbocycles. The molecule has 0 aliphatic carbocycles. The van der Waals surface area contributed by atoms with Crippen LogP contribution in [0.1, 0.15) is 21.7 Å². The van der Waals surface area contributed by atoms with Crippen molar-refractivity contribution in [2.75, 3.05) is 11.9 Å². The van der Waals surface area contributed by atoms with E-state index in [0.717, 1.165) is 5.69 Å². The first-order chi connectivity index (χ1) is 13.1. The molecule has 0 radical (unpaired) electrons. The summed E-state index contributed by atoms with van der Waals surface area (Å²) in [6.07, 6.45) is -2.60. The number of alkyl halides is 3. The Morgan fingerprint density at radius 3 is 2.71 bits per heavy atom. The second kappa shape index (κ2) is 7.47. The molecule has 7 nitrogen and oxygen atoms in total. The van der Waals surface area contributed by atoms with E-state index in [1.807, 2.05) is 13.0 Å². The van der Waals surface area contributed by atoms with Crippen molar-refractivity contribution in [1.82, 2.24) is 14.4 Å². The highest BCUT2D eigenvalue weighted by Crippen LogP contribution is 2.32. The van der Waals surface area contributed by atoms with Crippen LogP contribution < -0.4 is 5.32 Å². The van der Waals surface area contributed by atoms with E-state index in [1.54, 1.807) is 16.5 Å². The van der Waals surface area contributed by atoms with Crippen molar-refractivity contribution in [3.05, 3.63) is 58.6 Å². The molecule has 1 amide bonds. The molecular formula is C17H12ClF3N4O3. The number of imidazole rings is 1. The van der Waals surface area contributed by atoms with Crippen LogP contribution in [0, 0.1) is 6.92 Å². The standard InChI is InChI=1S/C17H12ClF3N4O3/c1-9-3-2-4-13-23-12(7-25(9)13)16(27)28-8-14(26)24-15-11(18)5-10(6-22-15)17(19,20)21/h2-7H,8H2,1H3,(H,22,24,26). The van der Waals surface area contributed by atoms with Crippen LogP contribution in [0.3, 0.4) is 0 Å². The van der Waals surface area contributed by atoms with Crippen LogP contribution in [0.25, 0.3) is 5.65 Å². The Bertz CT molecular complexity index is 1070. The molecular weight excluding hydrogens is 401 g/mol. The number of rotatable bonds is 4. The Morgan fingerprint density at radius 2 is 2.07 bits per heavy atom. The predicted octanol–water partition coefficient (Wildman–Crippen LogP) is 3.51. The van der Waals surface area contributed by atoms with Crippen LogP contribution in [-0.4, -0.2) is 32.9 Å². The zero-order valence-corrected chi connectivity index (χ0v) is 15.0. The van der Waals surface area contributed by atoms with Gasteiger partial charge >= 0.3 is 12.1 Å². The number of halogens is 4. The summed E-state index contributed by atoms with van der Waals surface area (Å²) in [5.74, 6) is -1.92. The summed E-state index contributed by atoms with van der Waals surface area (Å²) in [6, 6.07) is 5.95. The Morgan fingerprint density at radius 1 is 1.32 bits per heavy atom. The highest BCUT2D eigenvalue weighted by Gasteiger charge is 2.31. The maximum absolute atomic E-state index is 12.6. The number of aromatic nitrogens is 3. The number of anilines is 1. The molecule has 3 heterocycles. The van der Waals surface area contributed by atoms with Gasteiger partial charge in [0.1, 0.15) is 5.65 Å². The molecule has 0 fully saturated rings. The van der Waals surface area contributed by atoms with Crippen molar-refractivity contribution in [2.45, 2.75) is 13.1 Å². The number of ether oxygens (including phenoxy) is 1. The Balaban J connectivity index is 1.62. The minimum Gasteiger partial charge on any atom is -0.451 e. The first-order valence-corrected chi connectivity index (χ1v) is 8.17. The fourth-order valence-electron chi connectivity index (χ4n) is 2.30. The average Bonchev–Trinajstić information content (AvgIpc) is 3.06. The number of hydrogen-bond acceptors (Lipinski definition) is 5. The number of aryl methyl sites for hydroxylation is 1. The molecule has 1 N–H and O–H groups in total. The highest BCUT2D eigenvalue weighted by atomic mass is 35.5. The van der Waals surface area contributed by atoms with Gasteiger partial charge in [0.2, 0.25) is 0 Å². The van der Waals surface area contributed by atoms with Gasteiger partial charge in [0.15, 0.2) is 18.1 Å². The van der Waals surface area contributed by atoms with Crippen molar-refractivity contribution in [2.24, 2.45) is 0 Å². The number of esters is 1. The van der Waals surface area contributed by atoms with E-state index in [4.69, 9.17) is 16.3 Å². The van der Waals surface area contributed by atoms with Crippen LogP contribution in [-0.2, 0) is 15.7 Å². The fourth-order valence-corrected chi connectivity index (χ4v) is 2.52. The minimum absolute atomic E-state index is 0.00721. The summed E-state index contributed by atoms with van der Waals surface area (Å²) in [6.45, 7) is 1.14. The first-order valence-electron chi connectivity index (χ1n) is 7.79. The lowest BCUT2D eigenvalue weighted by atomic mass is 10.3. The van der Waals surface area contributed by atoms with E-state index in [-0.39, 0.29) is 11.5 Å². The summed E-state index contributed by atoms with van der Waals surface area (Å²) >= 11 is 5.70. The molecule has 0 atom stereocenters. The van der Waals surface area contributed by atoms with Gasteiger partial charge < -0.3 is 14.5 Å². The monoisotopic (exact) mass is 412 g/mol. The number of pyridine rings is 2. The summed E-state index contributed by atoms with van der Waals surface area (Å²) in [7, 11) is 0. The van der Waals surface area contributed by atoms with Crippen molar-refractivity contribution >= 4 is 34.9 Å². The van der Waals surface area contributed by atoms with Gasteiger partial charge in [-0.15, -0.1) is 0 Å². The summed E-state index contributed by atoms with van der Waals surface area (Å²) in [5.41, 5.74) is 0.346. The van der Waals surface area contributed by atoms with E-state index in [1.165, 1.54) is 6.20 Å². The van der Waals surface area contributed by atoms with Gasteiger partial charge in [-0.25, -0.2) is 14.8 Å². The number of hydrogen-bond donors (Lipinski definition) is 1. The average molecular weight is 413 g/mol. The molecule has 0 aliphatic rings. The zero-order valence-electron chi connectivity index (χ0n) is 14.2. The van der Waals surface area contributed by atoms with Crippen molar-refractivity contribution in [3.8, 4) is 0 Å². The van der Waals surface area contributed by atoms with E-state index in [0.29, 0.717) is 17.9 Å². The van der Waals surface area contributed by atoms with Gasteiger partial charge in [-0.2, -0.15) is 13.2 Å². The lowest BCUT2D eigenvalue weighted by Gasteiger charge is -2.10. The molecule has 3 aromatic rings. The number of carbonyl (C=O) groups is 2. The van der Waals surface area contributed by atoms with Gasteiger partial charge in [-0.3, -0.25) is 4.79 Å². The number of amides is 1. The quantitative estimate of drug-likeness (QED) is 0.663. The second-order valence-corrected chi connectivity index (χ2v) is 6.11. The van der Waals surface area contributed by atoms with Crippen molar-refractivity contribution in [1.29, 1.82) is 0 Å². The van der Waals surface area contributed by atoms with Gasteiger partial charge in [-0.1, -0.05) is 17.7 Å². The molecule has 28 heavy (non-hydrogen) atoms. The van der Waals surface area contributed by atoms with Gasteiger partial charge in [-0.05, 0) is 25.1 Å². The molecule has 0 saturated carbocycles. The van der Waals surface area contributed by atoms with E-state index >= 15 is 0 Å². The lowest BCUT2D eigenvalue weighted by molar-refractivity contribution is -0.137. The van der Waals surface area contributed by atoms with Gasteiger partial charge in [0.05, 0.1) is 10.6 Å². The Kier molecular flexibility index (Phi) is 5.23. The normalized spacial score (nSPS) is 11.5. The third-order valence-corrected chi connectivity index (χ3v) is 3.95. The highest BCUT2D eigenvalue weighted by molar-refractivity contribution is 6.33. The molecule has 0 spiro atoms. The van der Waals surface area contributed by atoms with Crippen LogP contribution in [0.15, 0.2) is 36.7 Å². The molecule has 3 rings (SSSR count).